The molecule has 2 heteroatoms. The van der Waals surface area contributed by atoms with Crippen molar-refractivity contribution in [2.45, 2.75) is 46.3 Å². The Hall–Kier alpha value is -0.860. The molecular formula is C15H25NO. The topological polar surface area (TPSA) is 23.5 Å². The Labute approximate surface area is 105 Å². The minimum absolute atomic E-state index is 0.240. The molecule has 1 aromatic rings. The summed E-state index contributed by atoms with van der Waals surface area (Å²) < 4.78 is 0. The van der Waals surface area contributed by atoms with Crippen LogP contribution < -0.4 is 0 Å². The number of rotatable bonds is 5. The highest BCUT2D eigenvalue weighted by Gasteiger charge is 2.34. The van der Waals surface area contributed by atoms with Crippen LogP contribution in [0.15, 0.2) is 24.3 Å². The third-order valence-electron chi connectivity index (χ3n) is 3.73. The number of hydrogen-bond acceptors (Lipinski definition) is 2. The van der Waals surface area contributed by atoms with Crippen LogP contribution in [-0.4, -0.2) is 28.6 Å². The third kappa shape index (κ3) is 2.88. The van der Waals surface area contributed by atoms with Crippen LogP contribution in [0.1, 0.15) is 44.9 Å². The van der Waals surface area contributed by atoms with Gasteiger partial charge >= 0.3 is 0 Å². The fraction of sp³-hybridized carbons (Fsp3) is 0.600. The molecule has 0 aliphatic rings. The molecule has 0 bridgehead atoms. The van der Waals surface area contributed by atoms with Crippen molar-refractivity contribution in [2.24, 2.45) is 0 Å². The Bertz CT molecular complexity index is 356. The summed E-state index contributed by atoms with van der Waals surface area (Å²) >= 11 is 0. The Morgan fingerprint density at radius 3 is 2.18 bits per heavy atom. The fourth-order valence-electron chi connectivity index (χ4n) is 2.49. The maximum Gasteiger partial charge on any atom is 0.0970 e. The highest BCUT2D eigenvalue weighted by molar-refractivity contribution is 5.29. The van der Waals surface area contributed by atoms with Gasteiger partial charge in [0.25, 0.3) is 0 Å². The van der Waals surface area contributed by atoms with Crippen molar-refractivity contribution in [1.82, 2.24) is 4.90 Å². The third-order valence-corrected chi connectivity index (χ3v) is 3.73. The molecule has 0 aromatic heterocycles. The molecule has 0 aliphatic carbocycles. The highest BCUT2D eigenvalue weighted by Crippen LogP contribution is 2.32. The van der Waals surface area contributed by atoms with E-state index in [2.05, 4.69) is 45.6 Å². The van der Waals surface area contributed by atoms with Crippen LogP contribution in [0.25, 0.3) is 0 Å². The molecular weight excluding hydrogens is 210 g/mol. The Morgan fingerprint density at radius 1 is 1.18 bits per heavy atom. The van der Waals surface area contributed by atoms with Gasteiger partial charge in [0.2, 0.25) is 0 Å². The van der Waals surface area contributed by atoms with Crippen molar-refractivity contribution in [3.8, 4) is 0 Å². The summed E-state index contributed by atoms with van der Waals surface area (Å²) in [6.45, 7) is 12.4. The van der Waals surface area contributed by atoms with E-state index in [0.29, 0.717) is 0 Å². The second-order valence-electron chi connectivity index (χ2n) is 5.09. The van der Waals surface area contributed by atoms with Gasteiger partial charge in [0.05, 0.1) is 6.10 Å². The molecule has 1 aromatic carbocycles. The molecule has 0 radical (unpaired) electrons. The number of benzene rings is 1. The van der Waals surface area contributed by atoms with Gasteiger partial charge in [-0.25, -0.2) is 0 Å². The lowest BCUT2D eigenvalue weighted by atomic mass is 9.87. The summed E-state index contributed by atoms with van der Waals surface area (Å²) in [6, 6.07) is 8.07. The van der Waals surface area contributed by atoms with E-state index in [4.69, 9.17) is 0 Å². The lowest BCUT2D eigenvalue weighted by Gasteiger charge is -2.41. The van der Waals surface area contributed by atoms with Crippen LogP contribution in [0, 0.1) is 6.92 Å². The zero-order valence-corrected chi connectivity index (χ0v) is 11.7. The standard InChI is InChI=1S/C15H25NO/c1-6-16(7-2)15(4,5)14(17)13-11-9-8-10-12(13)3/h8-11,14,17H,6-7H2,1-5H3. The van der Waals surface area contributed by atoms with Gasteiger partial charge in [-0.05, 0) is 45.0 Å². The van der Waals surface area contributed by atoms with Crippen molar-refractivity contribution >= 4 is 0 Å². The number of aliphatic hydroxyl groups is 1. The first-order valence-corrected chi connectivity index (χ1v) is 6.43. The van der Waals surface area contributed by atoms with Gasteiger partial charge in [0, 0.05) is 5.54 Å². The molecule has 0 saturated heterocycles. The number of aliphatic hydroxyl groups excluding tert-OH is 1. The predicted molar refractivity (Wildman–Crippen MR) is 73.1 cm³/mol. The monoisotopic (exact) mass is 235 g/mol. The second kappa shape index (κ2) is 5.65. The van der Waals surface area contributed by atoms with Crippen molar-refractivity contribution in [3.05, 3.63) is 35.4 Å². The maximum absolute atomic E-state index is 10.6. The van der Waals surface area contributed by atoms with E-state index < -0.39 is 6.10 Å². The summed E-state index contributed by atoms with van der Waals surface area (Å²) in [6.07, 6.45) is -0.455. The molecule has 0 spiro atoms. The van der Waals surface area contributed by atoms with Crippen molar-refractivity contribution in [1.29, 1.82) is 0 Å². The first-order chi connectivity index (χ1) is 7.95. The largest absolute Gasteiger partial charge is 0.386 e. The Morgan fingerprint density at radius 2 is 1.71 bits per heavy atom. The molecule has 1 atom stereocenters. The van der Waals surface area contributed by atoms with Crippen LogP contribution in [0.3, 0.4) is 0 Å². The van der Waals surface area contributed by atoms with Gasteiger partial charge in [-0.2, -0.15) is 0 Å². The Balaban J connectivity index is 3.03. The van der Waals surface area contributed by atoms with Crippen LogP contribution in [-0.2, 0) is 0 Å². The number of aryl methyl sites for hydroxylation is 1. The summed E-state index contributed by atoms with van der Waals surface area (Å²) in [4.78, 5) is 2.30. The SMILES string of the molecule is CCN(CC)C(C)(C)C(O)c1ccccc1C. The molecule has 17 heavy (non-hydrogen) atoms. The zero-order valence-electron chi connectivity index (χ0n) is 11.7. The van der Waals surface area contributed by atoms with E-state index in [0.717, 1.165) is 24.2 Å². The highest BCUT2D eigenvalue weighted by atomic mass is 16.3. The molecule has 0 aliphatic heterocycles. The normalized spacial score (nSPS) is 14.1. The van der Waals surface area contributed by atoms with Crippen molar-refractivity contribution < 1.29 is 5.11 Å². The Kier molecular flexibility index (Phi) is 4.72. The van der Waals surface area contributed by atoms with E-state index >= 15 is 0 Å². The summed E-state index contributed by atoms with van der Waals surface area (Å²) in [7, 11) is 0. The van der Waals surface area contributed by atoms with E-state index in [-0.39, 0.29) is 5.54 Å². The second-order valence-corrected chi connectivity index (χ2v) is 5.09. The quantitative estimate of drug-likeness (QED) is 0.847. The smallest absolute Gasteiger partial charge is 0.0970 e. The van der Waals surface area contributed by atoms with E-state index in [1.165, 1.54) is 0 Å². The molecule has 0 heterocycles. The first kappa shape index (κ1) is 14.2. The van der Waals surface area contributed by atoms with E-state index in [1.807, 2.05) is 18.2 Å². The minimum atomic E-state index is -0.455. The molecule has 96 valence electrons. The van der Waals surface area contributed by atoms with Crippen LogP contribution in [0.5, 0.6) is 0 Å². The van der Waals surface area contributed by atoms with Crippen LogP contribution in [0.4, 0.5) is 0 Å². The zero-order chi connectivity index (χ0) is 13.1. The summed E-state index contributed by atoms with van der Waals surface area (Å²) in [5, 5.41) is 10.6. The molecule has 1 unspecified atom stereocenters. The average molecular weight is 235 g/mol. The summed E-state index contributed by atoms with van der Waals surface area (Å²) in [5.74, 6) is 0. The number of likely N-dealkylation sites (N-methyl/N-ethyl adjacent to an activating group) is 1. The molecule has 0 fully saturated rings. The number of nitrogens with zero attached hydrogens (tertiary/aromatic N) is 1. The van der Waals surface area contributed by atoms with Crippen LogP contribution in [0.2, 0.25) is 0 Å². The molecule has 0 saturated carbocycles. The lowest BCUT2D eigenvalue weighted by Crippen LogP contribution is -2.48. The molecule has 1 rings (SSSR count). The summed E-state index contributed by atoms with van der Waals surface area (Å²) in [5.41, 5.74) is 1.94. The van der Waals surface area contributed by atoms with Crippen molar-refractivity contribution in [2.75, 3.05) is 13.1 Å². The van der Waals surface area contributed by atoms with Gasteiger partial charge in [-0.1, -0.05) is 38.1 Å². The van der Waals surface area contributed by atoms with E-state index in [1.54, 1.807) is 0 Å². The predicted octanol–water partition coefficient (Wildman–Crippen LogP) is 3.15. The lowest BCUT2D eigenvalue weighted by molar-refractivity contribution is -0.00659. The number of hydrogen-bond donors (Lipinski definition) is 1. The van der Waals surface area contributed by atoms with Gasteiger partial charge < -0.3 is 5.11 Å². The van der Waals surface area contributed by atoms with Crippen molar-refractivity contribution in [3.63, 3.8) is 0 Å². The maximum atomic E-state index is 10.6. The average Bonchev–Trinajstić information content (AvgIpc) is 2.30. The van der Waals surface area contributed by atoms with Gasteiger partial charge in [-0.15, -0.1) is 0 Å². The molecule has 1 N–H and O–H groups in total. The van der Waals surface area contributed by atoms with E-state index in [9.17, 15) is 5.11 Å². The van der Waals surface area contributed by atoms with Gasteiger partial charge in [0.15, 0.2) is 0 Å². The molecule has 2 nitrogen and oxygen atoms in total. The van der Waals surface area contributed by atoms with Crippen LogP contribution >= 0.6 is 0 Å². The van der Waals surface area contributed by atoms with Gasteiger partial charge in [0.1, 0.15) is 0 Å². The fourth-order valence-corrected chi connectivity index (χ4v) is 2.49. The minimum Gasteiger partial charge on any atom is -0.386 e. The molecule has 0 amide bonds. The first-order valence-electron chi connectivity index (χ1n) is 6.43. The van der Waals surface area contributed by atoms with Gasteiger partial charge in [-0.3, -0.25) is 4.90 Å².